The molecule has 5 rings (SSSR count). The van der Waals surface area contributed by atoms with Gasteiger partial charge in [0.2, 0.25) is 17.2 Å². The van der Waals surface area contributed by atoms with E-state index in [2.05, 4.69) is 20.4 Å². The summed E-state index contributed by atoms with van der Waals surface area (Å²) >= 11 is 0. The summed E-state index contributed by atoms with van der Waals surface area (Å²) in [5.41, 5.74) is 2.91. The van der Waals surface area contributed by atoms with Gasteiger partial charge < -0.3 is 18.8 Å². The minimum Gasteiger partial charge on any atom is -0.467 e. The zero-order valence-electron chi connectivity index (χ0n) is 18.6. The number of rotatable bonds is 6. The Bertz CT molecular complexity index is 1530. The highest BCUT2D eigenvalue weighted by Gasteiger charge is 2.19. The predicted molar refractivity (Wildman–Crippen MR) is 125 cm³/mol. The van der Waals surface area contributed by atoms with Crippen molar-refractivity contribution in [3.8, 4) is 22.8 Å². The molecular formula is C25H21N5O4. The molecule has 170 valence electrons. The van der Waals surface area contributed by atoms with Gasteiger partial charge in [-0.15, -0.1) is 0 Å². The Balaban J connectivity index is 1.52. The quantitative estimate of drug-likeness (QED) is 0.415. The molecule has 9 heteroatoms. The van der Waals surface area contributed by atoms with Crippen LogP contribution in [-0.4, -0.2) is 25.6 Å². The van der Waals surface area contributed by atoms with Crippen molar-refractivity contribution in [2.45, 2.75) is 26.9 Å². The van der Waals surface area contributed by atoms with Gasteiger partial charge >= 0.3 is 0 Å². The molecule has 0 bridgehead atoms. The molecule has 9 nitrogen and oxygen atoms in total. The minimum absolute atomic E-state index is 0.0557. The van der Waals surface area contributed by atoms with Gasteiger partial charge in [-0.05, 0) is 38.1 Å². The second kappa shape index (κ2) is 8.78. The highest BCUT2D eigenvalue weighted by molar-refractivity contribution is 5.83. The normalized spacial score (nSPS) is 11.1. The molecule has 5 aromatic rings. The van der Waals surface area contributed by atoms with Crippen LogP contribution in [0, 0.1) is 13.8 Å². The molecule has 0 saturated heterocycles. The largest absolute Gasteiger partial charge is 0.467 e. The second-order valence-corrected chi connectivity index (χ2v) is 7.97. The molecule has 1 amide bonds. The minimum atomic E-state index is -0.297. The van der Waals surface area contributed by atoms with Gasteiger partial charge in [0, 0.05) is 17.5 Å². The molecule has 0 fully saturated rings. The Morgan fingerprint density at radius 2 is 1.88 bits per heavy atom. The number of fused-ring (bicyclic) bond motifs is 1. The van der Waals surface area contributed by atoms with Crippen LogP contribution in [0.3, 0.4) is 0 Å². The third-order valence-corrected chi connectivity index (χ3v) is 5.38. The number of carbonyl (C=O) groups is 1. The first-order valence-corrected chi connectivity index (χ1v) is 10.7. The van der Waals surface area contributed by atoms with E-state index in [1.165, 1.54) is 6.20 Å². The van der Waals surface area contributed by atoms with E-state index in [1.54, 1.807) is 35.1 Å². The van der Waals surface area contributed by atoms with Crippen LogP contribution in [0.4, 0.5) is 0 Å². The van der Waals surface area contributed by atoms with Crippen LogP contribution < -0.4 is 10.7 Å². The monoisotopic (exact) mass is 455 g/mol. The smallest absolute Gasteiger partial charge is 0.263 e. The van der Waals surface area contributed by atoms with E-state index in [0.29, 0.717) is 22.6 Å². The summed E-state index contributed by atoms with van der Waals surface area (Å²) in [5, 5.41) is 7.20. The Kier molecular flexibility index (Phi) is 5.51. The van der Waals surface area contributed by atoms with Crippen molar-refractivity contribution < 1.29 is 13.7 Å². The number of benzene rings is 1. The standard InChI is InChI=1S/C25H21N5O4/c1-15-5-8-17(9-6-15)23-28-25(34-29-23)20-13-30(14-21(31)26-12-18-4-3-11-33-18)24-19(22(20)32)10-7-16(2)27-24/h3-11,13H,12,14H2,1-2H3,(H,26,31). The molecule has 1 aromatic carbocycles. The van der Waals surface area contributed by atoms with Crippen LogP contribution in [0.1, 0.15) is 17.0 Å². The van der Waals surface area contributed by atoms with Gasteiger partial charge in [-0.3, -0.25) is 9.59 Å². The van der Waals surface area contributed by atoms with Crippen LogP contribution in [-0.2, 0) is 17.9 Å². The molecule has 0 radical (unpaired) electrons. The molecule has 0 saturated carbocycles. The fourth-order valence-electron chi connectivity index (χ4n) is 3.59. The fourth-order valence-corrected chi connectivity index (χ4v) is 3.59. The van der Waals surface area contributed by atoms with E-state index in [1.807, 2.05) is 38.1 Å². The molecule has 4 aromatic heterocycles. The average Bonchev–Trinajstić information content (AvgIpc) is 3.52. The number of hydrogen-bond donors (Lipinski definition) is 1. The van der Waals surface area contributed by atoms with Crippen molar-refractivity contribution in [2.75, 3.05) is 0 Å². The zero-order chi connectivity index (χ0) is 23.7. The summed E-state index contributed by atoms with van der Waals surface area (Å²) in [6.45, 7) is 4.02. The lowest BCUT2D eigenvalue weighted by atomic mass is 10.1. The topological polar surface area (TPSA) is 116 Å². The number of carbonyl (C=O) groups excluding carboxylic acids is 1. The van der Waals surface area contributed by atoms with Gasteiger partial charge in [-0.25, -0.2) is 4.98 Å². The summed E-state index contributed by atoms with van der Waals surface area (Å²) in [6.07, 6.45) is 3.08. The molecule has 0 atom stereocenters. The summed E-state index contributed by atoms with van der Waals surface area (Å²) in [7, 11) is 0. The number of pyridine rings is 2. The van der Waals surface area contributed by atoms with Gasteiger partial charge in [0.25, 0.3) is 5.89 Å². The van der Waals surface area contributed by atoms with Crippen molar-refractivity contribution in [2.24, 2.45) is 0 Å². The molecule has 0 unspecified atom stereocenters. The van der Waals surface area contributed by atoms with Crippen LogP contribution >= 0.6 is 0 Å². The molecule has 0 spiro atoms. The van der Waals surface area contributed by atoms with Crippen molar-refractivity contribution in [1.82, 2.24) is 25.0 Å². The van der Waals surface area contributed by atoms with Gasteiger partial charge in [-0.2, -0.15) is 4.98 Å². The maximum absolute atomic E-state index is 13.3. The molecule has 0 aliphatic carbocycles. The van der Waals surface area contributed by atoms with Gasteiger partial charge in [0.1, 0.15) is 23.5 Å². The molecular weight excluding hydrogens is 434 g/mol. The third-order valence-electron chi connectivity index (χ3n) is 5.38. The lowest BCUT2D eigenvalue weighted by Gasteiger charge is -2.12. The van der Waals surface area contributed by atoms with E-state index in [9.17, 15) is 9.59 Å². The zero-order valence-corrected chi connectivity index (χ0v) is 18.6. The third kappa shape index (κ3) is 4.23. The summed E-state index contributed by atoms with van der Waals surface area (Å²) in [5.74, 6) is 0.829. The highest BCUT2D eigenvalue weighted by atomic mass is 16.5. The molecule has 1 N–H and O–H groups in total. The first-order valence-electron chi connectivity index (χ1n) is 10.7. The number of hydrogen-bond acceptors (Lipinski definition) is 7. The number of nitrogens with one attached hydrogen (secondary N) is 1. The maximum Gasteiger partial charge on any atom is 0.263 e. The summed E-state index contributed by atoms with van der Waals surface area (Å²) < 4.78 is 12.3. The number of amides is 1. The van der Waals surface area contributed by atoms with Gasteiger partial charge in [-0.1, -0.05) is 35.0 Å². The van der Waals surface area contributed by atoms with E-state index in [-0.39, 0.29) is 35.9 Å². The first kappa shape index (κ1) is 21.3. The fraction of sp³-hybridized carbons (Fsp3) is 0.160. The van der Waals surface area contributed by atoms with Crippen molar-refractivity contribution >= 4 is 16.9 Å². The maximum atomic E-state index is 13.3. The van der Waals surface area contributed by atoms with Gasteiger partial charge in [0.15, 0.2) is 0 Å². The number of furan rings is 1. The van der Waals surface area contributed by atoms with E-state index < -0.39 is 0 Å². The van der Waals surface area contributed by atoms with Crippen LogP contribution in [0.25, 0.3) is 33.9 Å². The Morgan fingerprint density at radius 1 is 1.06 bits per heavy atom. The lowest BCUT2D eigenvalue weighted by Crippen LogP contribution is -2.28. The molecule has 34 heavy (non-hydrogen) atoms. The van der Waals surface area contributed by atoms with Crippen LogP contribution in [0.15, 0.2) is 74.7 Å². The highest BCUT2D eigenvalue weighted by Crippen LogP contribution is 2.22. The molecule has 4 heterocycles. The number of nitrogens with zero attached hydrogens (tertiary/aromatic N) is 4. The average molecular weight is 455 g/mol. The second-order valence-electron chi connectivity index (χ2n) is 7.97. The number of aryl methyl sites for hydroxylation is 2. The Morgan fingerprint density at radius 3 is 2.65 bits per heavy atom. The van der Waals surface area contributed by atoms with Crippen molar-refractivity contribution in [3.05, 3.63) is 88.2 Å². The van der Waals surface area contributed by atoms with E-state index in [0.717, 1.165) is 16.8 Å². The lowest BCUT2D eigenvalue weighted by molar-refractivity contribution is -0.121. The van der Waals surface area contributed by atoms with Crippen molar-refractivity contribution in [3.63, 3.8) is 0 Å². The summed E-state index contributed by atoms with van der Waals surface area (Å²) in [4.78, 5) is 34.8. The van der Waals surface area contributed by atoms with Gasteiger partial charge in [0.05, 0.1) is 18.2 Å². The van der Waals surface area contributed by atoms with Crippen LogP contribution in [0.2, 0.25) is 0 Å². The van der Waals surface area contributed by atoms with Crippen molar-refractivity contribution in [1.29, 1.82) is 0 Å². The van der Waals surface area contributed by atoms with Crippen LogP contribution in [0.5, 0.6) is 0 Å². The Labute approximate surface area is 194 Å². The van der Waals surface area contributed by atoms with E-state index >= 15 is 0 Å². The SMILES string of the molecule is Cc1ccc(-c2noc(-c3cn(CC(=O)NCc4ccco4)c4nc(C)ccc4c3=O)n2)cc1. The first-order chi connectivity index (χ1) is 16.5. The summed E-state index contributed by atoms with van der Waals surface area (Å²) in [6, 6.07) is 14.6. The number of aromatic nitrogens is 4. The van der Waals surface area contributed by atoms with E-state index in [4.69, 9.17) is 8.94 Å². The molecule has 0 aliphatic heterocycles. The Hall–Kier alpha value is -4.53. The molecule has 0 aliphatic rings. The predicted octanol–water partition coefficient (Wildman–Crippen LogP) is 3.64.